The molecular weight excluding hydrogens is 466 g/mol. The van der Waals surface area contributed by atoms with Crippen LogP contribution in [-0.4, -0.2) is 15.0 Å². The van der Waals surface area contributed by atoms with E-state index in [0.717, 1.165) is 61.5 Å². The maximum Gasteiger partial charge on any atom is 0.227 e. The van der Waals surface area contributed by atoms with Gasteiger partial charge in [0.1, 0.15) is 5.58 Å². The average Bonchev–Trinajstić information content (AvgIpc) is 3.27. The Morgan fingerprint density at radius 3 is 2.03 bits per heavy atom. The lowest BCUT2D eigenvalue weighted by atomic mass is 9.83. The summed E-state index contributed by atoms with van der Waals surface area (Å²) >= 11 is 0. The molecule has 0 aliphatic carbocycles. The minimum atomic E-state index is -0.409. The Bertz CT molecular complexity index is 1830. The van der Waals surface area contributed by atoms with Crippen LogP contribution in [0.2, 0.25) is 0 Å². The summed E-state index contributed by atoms with van der Waals surface area (Å²) in [6.45, 7) is 12.8. The van der Waals surface area contributed by atoms with Crippen LogP contribution >= 0.6 is 0 Å². The maximum atomic E-state index is 6.37. The second-order valence-corrected chi connectivity index (χ2v) is 10.9. The first-order valence-corrected chi connectivity index (χ1v) is 13.0. The van der Waals surface area contributed by atoms with Gasteiger partial charge in [-0.1, -0.05) is 42.5 Å². The number of aromatic nitrogens is 3. The number of aryl methyl sites for hydroxylation is 4. The molecule has 4 heterocycles. The molecule has 2 aromatic carbocycles. The number of nitrogens with zero attached hydrogens (tertiary/aromatic N) is 3. The van der Waals surface area contributed by atoms with Gasteiger partial charge in [0.2, 0.25) is 5.71 Å². The minimum Gasteiger partial charge on any atom is -0.437 e. The summed E-state index contributed by atoms with van der Waals surface area (Å²) in [7, 11) is 0. The molecule has 4 aromatic heterocycles. The largest absolute Gasteiger partial charge is 0.437 e. The fourth-order valence-corrected chi connectivity index (χ4v) is 5.35. The van der Waals surface area contributed by atoms with E-state index in [2.05, 4.69) is 112 Å². The minimum absolute atomic E-state index is 0.409. The van der Waals surface area contributed by atoms with Crippen LogP contribution in [0.5, 0.6) is 0 Å². The van der Waals surface area contributed by atoms with Gasteiger partial charge in [-0.2, -0.15) is 0 Å². The highest BCUT2D eigenvalue weighted by molar-refractivity contribution is 6.09. The van der Waals surface area contributed by atoms with Crippen molar-refractivity contribution in [1.82, 2.24) is 15.0 Å². The van der Waals surface area contributed by atoms with Crippen LogP contribution < -0.4 is 0 Å². The molecule has 6 rings (SSSR count). The summed E-state index contributed by atoms with van der Waals surface area (Å²) in [6.07, 6.45) is 0. The second-order valence-electron chi connectivity index (χ2n) is 10.9. The zero-order chi connectivity index (χ0) is 26.6. The first-order chi connectivity index (χ1) is 18.2. The predicted octanol–water partition coefficient (Wildman–Crippen LogP) is 8.66. The molecule has 0 fully saturated rings. The highest BCUT2D eigenvalue weighted by Gasteiger charge is 2.28. The monoisotopic (exact) mass is 497 g/mol. The molecule has 0 saturated heterocycles. The van der Waals surface area contributed by atoms with Crippen molar-refractivity contribution in [3.63, 3.8) is 0 Å². The normalized spacial score (nSPS) is 11.9. The van der Waals surface area contributed by atoms with Crippen molar-refractivity contribution in [3.8, 4) is 22.5 Å². The third-order valence-corrected chi connectivity index (χ3v) is 7.36. The smallest absolute Gasteiger partial charge is 0.227 e. The van der Waals surface area contributed by atoms with E-state index in [4.69, 9.17) is 14.4 Å². The van der Waals surface area contributed by atoms with E-state index in [1.54, 1.807) is 0 Å². The van der Waals surface area contributed by atoms with Gasteiger partial charge >= 0.3 is 0 Å². The first-order valence-electron chi connectivity index (χ1n) is 13.0. The lowest BCUT2D eigenvalue weighted by Gasteiger charge is -2.26. The zero-order valence-corrected chi connectivity index (χ0v) is 22.8. The van der Waals surface area contributed by atoms with E-state index in [0.29, 0.717) is 5.71 Å². The van der Waals surface area contributed by atoms with Gasteiger partial charge in [0.15, 0.2) is 0 Å². The average molecular weight is 498 g/mol. The molecule has 0 aliphatic rings. The summed E-state index contributed by atoms with van der Waals surface area (Å²) in [4.78, 5) is 15.0. The van der Waals surface area contributed by atoms with Crippen molar-refractivity contribution >= 4 is 22.1 Å². The van der Waals surface area contributed by atoms with E-state index in [-0.39, 0.29) is 0 Å². The van der Waals surface area contributed by atoms with Crippen LogP contribution in [0, 0.1) is 27.7 Å². The second kappa shape index (κ2) is 8.91. The summed E-state index contributed by atoms with van der Waals surface area (Å²) in [6, 6.07) is 27.3. The number of pyridine rings is 3. The lowest BCUT2D eigenvalue weighted by molar-refractivity contribution is 0.595. The molecule has 0 amide bonds. The molecule has 188 valence electrons. The standard InChI is InChI=1S/C34H31N3O/c1-20-15-27(24-11-8-7-9-12-24)36-29(17-20)34(5,6)30-18-21(2)16-28(37-30)25-13-10-14-26-31-22(3)19-23(4)35-33(31)38-32(25)26/h7-19H,1-6H3. The molecule has 0 radical (unpaired) electrons. The summed E-state index contributed by atoms with van der Waals surface area (Å²) in [5, 5.41) is 2.14. The Balaban J connectivity index is 1.51. The number of benzene rings is 2. The van der Waals surface area contributed by atoms with Crippen LogP contribution in [0.25, 0.3) is 44.6 Å². The van der Waals surface area contributed by atoms with Gasteiger partial charge in [0, 0.05) is 27.6 Å². The number of rotatable bonds is 4. The van der Waals surface area contributed by atoms with Gasteiger partial charge < -0.3 is 4.42 Å². The Morgan fingerprint density at radius 1 is 0.658 bits per heavy atom. The van der Waals surface area contributed by atoms with Gasteiger partial charge in [-0.25, -0.2) is 4.98 Å². The number of hydrogen-bond acceptors (Lipinski definition) is 4. The molecule has 0 bridgehead atoms. The predicted molar refractivity (Wildman–Crippen MR) is 155 cm³/mol. The molecule has 0 unspecified atom stereocenters. The fourth-order valence-electron chi connectivity index (χ4n) is 5.35. The van der Waals surface area contributed by atoms with E-state index in [9.17, 15) is 0 Å². The van der Waals surface area contributed by atoms with E-state index in [1.807, 2.05) is 13.0 Å². The lowest BCUT2D eigenvalue weighted by Crippen LogP contribution is -2.23. The Morgan fingerprint density at radius 2 is 1.32 bits per heavy atom. The summed E-state index contributed by atoms with van der Waals surface area (Å²) in [5.74, 6) is 0. The zero-order valence-electron chi connectivity index (χ0n) is 22.8. The first kappa shape index (κ1) is 24.1. The van der Waals surface area contributed by atoms with Crippen molar-refractivity contribution in [3.05, 3.63) is 113 Å². The molecule has 4 nitrogen and oxygen atoms in total. The van der Waals surface area contributed by atoms with Crippen LogP contribution in [0.15, 0.2) is 83.3 Å². The van der Waals surface area contributed by atoms with Gasteiger partial charge in [-0.15, -0.1) is 0 Å². The van der Waals surface area contributed by atoms with Crippen LogP contribution in [0.3, 0.4) is 0 Å². The number of hydrogen-bond donors (Lipinski definition) is 0. The Hall–Kier alpha value is -4.31. The summed E-state index contributed by atoms with van der Waals surface area (Å²) < 4.78 is 6.37. The van der Waals surface area contributed by atoms with Gasteiger partial charge in [-0.3, -0.25) is 9.97 Å². The van der Waals surface area contributed by atoms with Crippen molar-refractivity contribution in [2.45, 2.75) is 47.0 Å². The topological polar surface area (TPSA) is 51.8 Å². The van der Waals surface area contributed by atoms with Crippen molar-refractivity contribution < 1.29 is 4.42 Å². The van der Waals surface area contributed by atoms with Crippen LogP contribution in [0.4, 0.5) is 0 Å². The highest BCUT2D eigenvalue weighted by Crippen LogP contribution is 2.38. The SMILES string of the molecule is Cc1cc(-c2ccccc2)nc(C(C)(C)c2cc(C)cc(-c3cccc4c3oc3nc(C)cc(C)c34)n2)c1. The van der Waals surface area contributed by atoms with Crippen molar-refractivity contribution in [1.29, 1.82) is 0 Å². The Kier molecular flexibility index (Phi) is 5.64. The molecule has 0 saturated carbocycles. The molecule has 0 aliphatic heterocycles. The Labute approximate surface area is 223 Å². The molecular formula is C34H31N3O. The van der Waals surface area contributed by atoms with E-state index < -0.39 is 5.41 Å². The van der Waals surface area contributed by atoms with Crippen molar-refractivity contribution in [2.75, 3.05) is 0 Å². The molecule has 38 heavy (non-hydrogen) atoms. The molecule has 4 heteroatoms. The highest BCUT2D eigenvalue weighted by atomic mass is 16.3. The van der Waals surface area contributed by atoms with Crippen molar-refractivity contribution in [2.24, 2.45) is 0 Å². The van der Waals surface area contributed by atoms with Gasteiger partial charge in [-0.05, 0) is 94.6 Å². The molecule has 0 atom stereocenters. The summed E-state index contributed by atoms with van der Waals surface area (Å²) in [5.41, 5.74) is 11.5. The third-order valence-electron chi connectivity index (χ3n) is 7.36. The van der Waals surface area contributed by atoms with Crippen LogP contribution in [0.1, 0.15) is 47.6 Å². The molecule has 6 aromatic rings. The van der Waals surface area contributed by atoms with Gasteiger partial charge in [0.05, 0.1) is 28.2 Å². The van der Waals surface area contributed by atoms with Gasteiger partial charge in [0.25, 0.3) is 0 Å². The molecule has 0 N–H and O–H groups in total. The fraction of sp³-hybridized carbons (Fsp3) is 0.206. The maximum absolute atomic E-state index is 6.37. The number of furan rings is 1. The van der Waals surface area contributed by atoms with Crippen LogP contribution in [-0.2, 0) is 5.41 Å². The number of fused-ring (bicyclic) bond motifs is 3. The third kappa shape index (κ3) is 4.06. The van der Waals surface area contributed by atoms with E-state index in [1.165, 1.54) is 11.1 Å². The quantitative estimate of drug-likeness (QED) is 0.244. The van der Waals surface area contributed by atoms with E-state index >= 15 is 0 Å². The number of para-hydroxylation sites is 1. The molecule has 0 spiro atoms.